The van der Waals surface area contributed by atoms with Crippen LogP contribution in [0.1, 0.15) is 40.5 Å². The van der Waals surface area contributed by atoms with Gasteiger partial charge in [-0.2, -0.15) is 13.2 Å². The van der Waals surface area contributed by atoms with Crippen LogP contribution in [0.15, 0.2) is 36.5 Å². The van der Waals surface area contributed by atoms with E-state index in [0.29, 0.717) is 12.0 Å². The fourth-order valence-corrected chi connectivity index (χ4v) is 3.74. The summed E-state index contributed by atoms with van der Waals surface area (Å²) in [5.74, 6) is 0.636. The number of halogens is 3. The van der Waals surface area contributed by atoms with Gasteiger partial charge in [-0.15, -0.1) is 0 Å². The lowest BCUT2D eigenvalue weighted by Gasteiger charge is -2.24. The molecule has 2 rings (SSSR count). The van der Waals surface area contributed by atoms with Crippen molar-refractivity contribution in [1.29, 1.82) is 0 Å². The smallest absolute Gasteiger partial charge is 0.357 e. The molecule has 2 N–H and O–H groups in total. The molecule has 1 aromatic carbocycles. The summed E-state index contributed by atoms with van der Waals surface area (Å²) < 4.78 is 43.0. The Kier molecular flexibility index (Phi) is 9.83. The van der Waals surface area contributed by atoms with E-state index < -0.39 is 11.9 Å². The predicted molar refractivity (Wildman–Crippen MR) is 120 cm³/mol. The molecule has 0 aliphatic carbocycles. The Hall–Kier alpha value is -2.75. The maximum atomic E-state index is 13.2. The lowest BCUT2D eigenvalue weighted by Crippen LogP contribution is -2.38. The Balaban J connectivity index is 2.17. The summed E-state index contributed by atoms with van der Waals surface area (Å²) in [5.41, 5.74) is 1.29. The van der Waals surface area contributed by atoms with E-state index in [-0.39, 0.29) is 37.5 Å². The Morgan fingerprint density at radius 2 is 2.03 bits per heavy atom. The number of hydrogen-bond acceptors (Lipinski definition) is 5. The molecule has 0 atom stereocenters. The molecule has 0 aliphatic rings. The lowest BCUT2D eigenvalue weighted by molar-refractivity contribution is -0.141. The summed E-state index contributed by atoms with van der Waals surface area (Å²) in [4.78, 5) is 28.6. The third-order valence-electron chi connectivity index (χ3n) is 4.67. The molecule has 0 aliphatic heterocycles. The van der Waals surface area contributed by atoms with Gasteiger partial charge in [0.05, 0.1) is 0 Å². The van der Waals surface area contributed by atoms with Crippen LogP contribution in [0.5, 0.6) is 0 Å². The van der Waals surface area contributed by atoms with E-state index in [1.807, 2.05) is 13.0 Å². The summed E-state index contributed by atoms with van der Waals surface area (Å²) in [6, 6.07) is 8.06. The highest BCUT2D eigenvalue weighted by Crippen LogP contribution is 2.30. The minimum absolute atomic E-state index is 0.0121. The van der Waals surface area contributed by atoms with E-state index in [2.05, 4.69) is 21.9 Å². The van der Waals surface area contributed by atoms with Gasteiger partial charge >= 0.3 is 6.18 Å². The number of nitrogens with one attached hydrogen (secondary N) is 2. The van der Waals surface area contributed by atoms with Crippen molar-refractivity contribution in [3.05, 3.63) is 58.9 Å². The largest absolute Gasteiger partial charge is 0.433 e. The summed E-state index contributed by atoms with van der Waals surface area (Å²) in [6.45, 7) is 4.39. The highest BCUT2D eigenvalue weighted by Gasteiger charge is 2.35. The molecule has 2 amide bonds. The number of nitrogens with zero attached hydrogens (tertiary/aromatic N) is 2. The summed E-state index contributed by atoms with van der Waals surface area (Å²) in [5, 5.41) is 2.49. The number of amides is 2. The van der Waals surface area contributed by atoms with Gasteiger partial charge in [-0.05, 0) is 55.2 Å². The van der Waals surface area contributed by atoms with Gasteiger partial charge < -0.3 is 14.9 Å². The van der Waals surface area contributed by atoms with Crippen LogP contribution in [-0.2, 0) is 17.4 Å². The van der Waals surface area contributed by atoms with Crippen molar-refractivity contribution >= 4 is 30.0 Å². The van der Waals surface area contributed by atoms with Crippen molar-refractivity contribution in [3.8, 4) is 0 Å². The minimum Gasteiger partial charge on any atom is -0.357 e. The predicted octanol–water partition coefficient (Wildman–Crippen LogP) is 4.31. The number of alkyl halides is 3. The van der Waals surface area contributed by atoms with Gasteiger partial charge in [0.15, 0.2) is 0 Å². The monoisotopic (exact) mass is 468 g/mol. The first kappa shape index (κ1) is 25.5. The number of aryl methyl sites for hydroxylation is 1. The van der Waals surface area contributed by atoms with Crippen molar-refractivity contribution < 1.29 is 22.8 Å². The molecule has 10 heteroatoms. The first-order valence-electron chi connectivity index (χ1n) is 10.2. The molecule has 174 valence electrons. The summed E-state index contributed by atoms with van der Waals surface area (Å²) in [6.07, 6.45) is -1.93. The van der Waals surface area contributed by atoms with Gasteiger partial charge in [-0.25, -0.2) is 0 Å². The fraction of sp³-hybridized carbons (Fsp3) is 0.409. The molecule has 0 saturated heterocycles. The molecule has 0 radical (unpaired) electrons. The Morgan fingerprint density at radius 1 is 1.25 bits per heavy atom. The maximum absolute atomic E-state index is 13.2. The number of aromatic nitrogens is 1. The Bertz CT molecular complexity index is 909. The van der Waals surface area contributed by atoms with Crippen molar-refractivity contribution in [3.63, 3.8) is 0 Å². The van der Waals surface area contributed by atoms with Crippen LogP contribution in [0.25, 0.3) is 0 Å². The molecule has 1 heterocycles. The van der Waals surface area contributed by atoms with Gasteiger partial charge in [0, 0.05) is 42.8 Å². The number of carbonyl (C=O) groups excluding carboxylic acids is 2. The fourth-order valence-electron chi connectivity index (χ4n) is 3.05. The van der Waals surface area contributed by atoms with Gasteiger partial charge in [-0.1, -0.05) is 24.9 Å². The Morgan fingerprint density at radius 3 is 2.69 bits per heavy atom. The SMILES string of the molecule is CCCSNc1ccc(C(=O)N(CCNC=O)CCc2cccnc2C(F)(F)F)cc1C. The minimum atomic E-state index is -4.57. The van der Waals surface area contributed by atoms with Crippen LogP contribution in [0.4, 0.5) is 18.9 Å². The second-order valence-corrected chi connectivity index (χ2v) is 8.00. The number of rotatable bonds is 12. The van der Waals surface area contributed by atoms with Crippen LogP contribution < -0.4 is 10.0 Å². The zero-order valence-electron chi connectivity index (χ0n) is 18.0. The van der Waals surface area contributed by atoms with Crippen molar-refractivity contribution in [2.24, 2.45) is 0 Å². The number of carbonyl (C=O) groups is 2. The second-order valence-electron chi connectivity index (χ2n) is 7.10. The van der Waals surface area contributed by atoms with Gasteiger partial charge in [0.25, 0.3) is 5.91 Å². The highest BCUT2D eigenvalue weighted by molar-refractivity contribution is 8.00. The zero-order valence-corrected chi connectivity index (χ0v) is 18.9. The van der Waals surface area contributed by atoms with E-state index in [4.69, 9.17) is 0 Å². The van der Waals surface area contributed by atoms with E-state index >= 15 is 0 Å². The van der Waals surface area contributed by atoms with Crippen LogP contribution in [0, 0.1) is 6.92 Å². The molecule has 1 aromatic heterocycles. The van der Waals surface area contributed by atoms with E-state index in [1.165, 1.54) is 17.0 Å². The first-order chi connectivity index (χ1) is 15.3. The van der Waals surface area contributed by atoms with Crippen LogP contribution in [0.3, 0.4) is 0 Å². The average molecular weight is 469 g/mol. The molecular weight excluding hydrogens is 441 g/mol. The molecule has 0 bridgehead atoms. The molecule has 0 saturated carbocycles. The zero-order chi connectivity index (χ0) is 23.6. The number of pyridine rings is 1. The molecular formula is C22H27F3N4O2S. The molecule has 0 unspecified atom stereocenters. The third-order valence-corrected chi connectivity index (χ3v) is 5.65. The summed E-state index contributed by atoms with van der Waals surface area (Å²) >= 11 is 1.58. The second kappa shape index (κ2) is 12.3. The molecule has 0 spiro atoms. The van der Waals surface area contributed by atoms with Crippen molar-refractivity contribution in [2.45, 2.75) is 32.9 Å². The highest BCUT2D eigenvalue weighted by atomic mass is 32.2. The standard InChI is InChI=1S/C22H27F3N4O2S/c1-3-13-32-28-19-7-6-18(14-16(19)2)21(31)29(12-10-26-15-30)11-8-17-5-4-9-27-20(17)22(23,24)25/h4-7,9,14-15,28H,3,8,10-13H2,1-2H3,(H,26,30). The van der Waals surface area contributed by atoms with E-state index in [1.54, 1.807) is 24.1 Å². The normalized spacial score (nSPS) is 11.2. The van der Waals surface area contributed by atoms with E-state index in [9.17, 15) is 22.8 Å². The molecule has 32 heavy (non-hydrogen) atoms. The molecule has 0 fully saturated rings. The third kappa shape index (κ3) is 7.44. The van der Waals surface area contributed by atoms with Crippen LogP contribution in [-0.4, -0.2) is 47.6 Å². The Labute approximate surface area is 190 Å². The summed E-state index contributed by atoms with van der Waals surface area (Å²) in [7, 11) is 0. The lowest BCUT2D eigenvalue weighted by atomic mass is 10.1. The quantitative estimate of drug-likeness (QED) is 0.276. The first-order valence-corrected chi connectivity index (χ1v) is 11.2. The van der Waals surface area contributed by atoms with Gasteiger partial charge in [0.1, 0.15) is 5.69 Å². The number of benzene rings is 1. The van der Waals surface area contributed by atoms with Gasteiger partial charge in [0.2, 0.25) is 6.41 Å². The van der Waals surface area contributed by atoms with Crippen LogP contribution in [0.2, 0.25) is 0 Å². The molecule has 2 aromatic rings. The van der Waals surface area contributed by atoms with Crippen molar-refractivity contribution in [2.75, 3.05) is 30.1 Å². The topological polar surface area (TPSA) is 74.3 Å². The van der Waals surface area contributed by atoms with Gasteiger partial charge in [-0.3, -0.25) is 14.6 Å². The maximum Gasteiger partial charge on any atom is 0.433 e. The van der Waals surface area contributed by atoms with Crippen molar-refractivity contribution in [1.82, 2.24) is 15.2 Å². The molecule has 6 nitrogen and oxygen atoms in total. The number of anilines is 1. The van der Waals surface area contributed by atoms with E-state index in [0.717, 1.165) is 29.6 Å². The number of hydrogen-bond donors (Lipinski definition) is 2. The average Bonchev–Trinajstić information content (AvgIpc) is 2.76. The van der Waals surface area contributed by atoms with Crippen LogP contribution >= 0.6 is 11.9 Å².